The normalized spacial score (nSPS) is 20.3. The molecule has 2 fully saturated rings. The number of nitrogens with zero attached hydrogens (tertiary/aromatic N) is 4. The second-order valence-electron chi connectivity index (χ2n) is 9.16. The molecule has 2 saturated heterocycles. The van der Waals surface area contributed by atoms with Gasteiger partial charge in [-0.1, -0.05) is 30.3 Å². The van der Waals surface area contributed by atoms with Crippen molar-refractivity contribution in [1.82, 2.24) is 19.6 Å². The summed E-state index contributed by atoms with van der Waals surface area (Å²) in [7, 11) is 5.74. The molecular weight excluding hydrogens is 392 g/mol. The number of amides is 3. The molecule has 0 unspecified atom stereocenters. The Morgan fingerprint density at radius 1 is 1.10 bits per heavy atom. The summed E-state index contributed by atoms with van der Waals surface area (Å²) in [5, 5.41) is 0. The van der Waals surface area contributed by atoms with Crippen LogP contribution in [0, 0.1) is 0 Å². The van der Waals surface area contributed by atoms with E-state index in [1.54, 1.807) is 7.11 Å². The molecule has 3 rings (SSSR count). The predicted octanol–water partition coefficient (Wildman–Crippen LogP) is 2.31. The maximum absolute atomic E-state index is 13.6. The van der Waals surface area contributed by atoms with E-state index in [2.05, 4.69) is 28.9 Å². The Morgan fingerprint density at radius 2 is 1.77 bits per heavy atom. The molecular formula is C24H38N4O3. The van der Waals surface area contributed by atoms with Crippen molar-refractivity contribution < 1.29 is 14.3 Å². The number of urea groups is 1. The van der Waals surface area contributed by atoms with Gasteiger partial charge in [0.25, 0.3) is 5.91 Å². The van der Waals surface area contributed by atoms with Crippen LogP contribution in [0.5, 0.6) is 0 Å². The summed E-state index contributed by atoms with van der Waals surface area (Å²) < 4.78 is 5.32. The Bertz CT molecular complexity index is 732. The topological polar surface area (TPSA) is 56.3 Å². The second-order valence-corrected chi connectivity index (χ2v) is 9.16. The quantitative estimate of drug-likeness (QED) is 0.533. The zero-order valence-electron chi connectivity index (χ0n) is 19.5. The van der Waals surface area contributed by atoms with Crippen LogP contribution in [-0.2, 0) is 16.0 Å². The molecule has 2 heterocycles. The first kappa shape index (κ1) is 23.7. The highest BCUT2D eigenvalue weighted by Gasteiger charge is 2.57. The van der Waals surface area contributed by atoms with Gasteiger partial charge < -0.3 is 14.5 Å². The first-order valence-corrected chi connectivity index (χ1v) is 11.4. The molecule has 1 atom stereocenters. The number of carbonyl (C=O) groups is 2. The Balaban J connectivity index is 1.75. The number of hydrogen-bond acceptors (Lipinski definition) is 5. The van der Waals surface area contributed by atoms with Crippen molar-refractivity contribution in [2.45, 2.75) is 44.2 Å². The van der Waals surface area contributed by atoms with E-state index in [1.165, 1.54) is 10.5 Å². The number of imide groups is 1. The van der Waals surface area contributed by atoms with Crippen LogP contribution < -0.4 is 0 Å². The second kappa shape index (κ2) is 10.6. The minimum absolute atomic E-state index is 0.00311. The van der Waals surface area contributed by atoms with Crippen LogP contribution in [0.4, 0.5) is 4.79 Å². The van der Waals surface area contributed by atoms with Crippen LogP contribution in [0.3, 0.4) is 0 Å². The van der Waals surface area contributed by atoms with Gasteiger partial charge in [-0.3, -0.25) is 14.6 Å². The average molecular weight is 431 g/mol. The van der Waals surface area contributed by atoms with Gasteiger partial charge >= 0.3 is 6.03 Å². The summed E-state index contributed by atoms with van der Waals surface area (Å²) in [6.07, 6.45) is 2.93. The number of methoxy groups -OCH3 is 1. The van der Waals surface area contributed by atoms with E-state index in [0.717, 1.165) is 32.5 Å². The molecule has 2 aliphatic rings. The zero-order chi connectivity index (χ0) is 22.4. The van der Waals surface area contributed by atoms with Crippen molar-refractivity contribution in [2.75, 3.05) is 60.5 Å². The highest BCUT2D eigenvalue weighted by atomic mass is 16.5. The van der Waals surface area contributed by atoms with Gasteiger partial charge in [0, 0.05) is 39.3 Å². The molecule has 7 heteroatoms. The van der Waals surface area contributed by atoms with Crippen LogP contribution >= 0.6 is 0 Å². The van der Waals surface area contributed by atoms with Gasteiger partial charge in [0.2, 0.25) is 0 Å². The summed E-state index contributed by atoms with van der Waals surface area (Å²) >= 11 is 0. The largest absolute Gasteiger partial charge is 0.383 e. The monoisotopic (exact) mass is 430 g/mol. The molecule has 0 N–H and O–H groups in total. The van der Waals surface area contributed by atoms with Crippen molar-refractivity contribution in [3.63, 3.8) is 0 Å². The number of ether oxygens (including phenoxy) is 1. The van der Waals surface area contributed by atoms with Gasteiger partial charge in [0.1, 0.15) is 5.54 Å². The van der Waals surface area contributed by atoms with Crippen LogP contribution in [-0.4, -0.2) is 104 Å². The number of benzene rings is 1. The minimum Gasteiger partial charge on any atom is -0.383 e. The maximum Gasteiger partial charge on any atom is 0.327 e. The van der Waals surface area contributed by atoms with Crippen molar-refractivity contribution in [2.24, 2.45) is 0 Å². The molecule has 172 valence electrons. The fourth-order valence-corrected chi connectivity index (χ4v) is 4.88. The molecule has 1 aromatic carbocycles. The lowest BCUT2D eigenvalue weighted by atomic mass is 9.85. The van der Waals surface area contributed by atoms with E-state index in [4.69, 9.17) is 4.74 Å². The van der Waals surface area contributed by atoms with E-state index in [-0.39, 0.29) is 11.9 Å². The lowest BCUT2D eigenvalue weighted by Crippen LogP contribution is -2.58. The Morgan fingerprint density at radius 3 is 2.39 bits per heavy atom. The smallest absolute Gasteiger partial charge is 0.327 e. The van der Waals surface area contributed by atoms with Gasteiger partial charge in [-0.05, 0) is 58.8 Å². The van der Waals surface area contributed by atoms with Crippen LogP contribution in [0.25, 0.3) is 0 Å². The fourth-order valence-electron chi connectivity index (χ4n) is 4.88. The molecule has 3 amide bonds. The highest BCUT2D eigenvalue weighted by Crippen LogP contribution is 2.38. The maximum atomic E-state index is 13.6. The summed E-state index contributed by atoms with van der Waals surface area (Å²) in [5.74, 6) is 0.00311. The van der Waals surface area contributed by atoms with Crippen molar-refractivity contribution >= 4 is 11.9 Å². The third kappa shape index (κ3) is 5.27. The first-order valence-electron chi connectivity index (χ1n) is 11.4. The fraction of sp³-hybridized carbons (Fsp3) is 0.667. The van der Waals surface area contributed by atoms with Crippen molar-refractivity contribution in [3.8, 4) is 0 Å². The van der Waals surface area contributed by atoms with E-state index in [1.807, 2.05) is 37.2 Å². The minimum atomic E-state index is -0.701. The molecule has 1 spiro atoms. The van der Waals surface area contributed by atoms with E-state index >= 15 is 0 Å². The van der Waals surface area contributed by atoms with Gasteiger partial charge in [-0.2, -0.15) is 0 Å². The number of likely N-dealkylation sites (tertiary alicyclic amines) is 1. The number of piperidine rings is 1. The van der Waals surface area contributed by atoms with Crippen LogP contribution in [0.1, 0.15) is 31.7 Å². The third-order valence-electron chi connectivity index (χ3n) is 6.73. The number of carbonyl (C=O) groups excluding carboxylic acids is 2. The van der Waals surface area contributed by atoms with E-state index in [0.29, 0.717) is 38.6 Å². The molecule has 31 heavy (non-hydrogen) atoms. The van der Waals surface area contributed by atoms with Crippen molar-refractivity contribution in [3.05, 3.63) is 35.9 Å². The molecule has 0 aromatic heterocycles. The number of rotatable bonds is 10. The molecule has 7 nitrogen and oxygen atoms in total. The Hall–Kier alpha value is -1.96. The van der Waals surface area contributed by atoms with Crippen LogP contribution in [0.2, 0.25) is 0 Å². The van der Waals surface area contributed by atoms with Crippen LogP contribution in [0.15, 0.2) is 30.3 Å². The lowest BCUT2D eigenvalue weighted by molar-refractivity contribution is -0.136. The third-order valence-corrected chi connectivity index (χ3v) is 6.73. The van der Waals surface area contributed by atoms with Crippen molar-refractivity contribution in [1.29, 1.82) is 0 Å². The summed E-state index contributed by atoms with van der Waals surface area (Å²) in [4.78, 5) is 34.8. The molecule has 0 bridgehead atoms. The highest BCUT2D eigenvalue weighted by molar-refractivity contribution is 6.07. The number of hydrogen-bond donors (Lipinski definition) is 0. The lowest BCUT2D eigenvalue weighted by Gasteiger charge is -2.44. The predicted molar refractivity (Wildman–Crippen MR) is 122 cm³/mol. The van der Waals surface area contributed by atoms with Gasteiger partial charge in [0.05, 0.1) is 6.61 Å². The molecule has 2 aliphatic heterocycles. The first-order chi connectivity index (χ1) is 14.9. The summed E-state index contributed by atoms with van der Waals surface area (Å²) in [5.41, 5.74) is 0.489. The molecule has 0 saturated carbocycles. The Labute approximate surface area is 186 Å². The summed E-state index contributed by atoms with van der Waals surface area (Å²) in [6, 6.07) is 10.4. The van der Waals surface area contributed by atoms with E-state index < -0.39 is 5.54 Å². The standard InChI is InChI=1S/C24H38N4O3/c1-20(19-31-4)26-17-12-24(13-18-26)22(29)27(15-8-14-25(2)3)23(30)28(24)16-11-21-9-6-5-7-10-21/h5-7,9-10,20H,8,11-19H2,1-4H3/t20-/m1/s1. The van der Waals surface area contributed by atoms with E-state index in [9.17, 15) is 9.59 Å². The zero-order valence-corrected chi connectivity index (χ0v) is 19.5. The molecule has 1 aromatic rings. The van der Waals surface area contributed by atoms with Gasteiger partial charge in [0.15, 0.2) is 0 Å². The molecule has 0 radical (unpaired) electrons. The van der Waals surface area contributed by atoms with Gasteiger partial charge in [-0.25, -0.2) is 4.79 Å². The SMILES string of the molecule is COC[C@@H](C)N1CCC2(CC1)C(=O)N(CCCN(C)C)C(=O)N2CCc1ccccc1. The van der Waals surface area contributed by atoms with Gasteiger partial charge in [-0.15, -0.1) is 0 Å². The average Bonchev–Trinajstić information content (AvgIpc) is 2.94. The Kier molecular flexibility index (Phi) is 8.08. The summed E-state index contributed by atoms with van der Waals surface area (Å²) in [6.45, 7) is 6.36. The molecule has 0 aliphatic carbocycles.